The number of urea groups is 1. The molecule has 19 heavy (non-hydrogen) atoms. The van der Waals surface area contributed by atoms with Crippen LogP contribution in [0.3, 0.4) is 0 Å². The summed E-state index contributed by atoms with van der Waals surface area (Å²) in [7, 11) is 0. The SMILES string of the molecule is CCC(CC(N)=S)NC(=O)Nc1ccc(C)c(Cl)c1. The minimum absolute atomic E-state index is 0.0570. The molecule has 1 rings (SSSR count). The summed E-state index contributed by atoms with van der Waals surface area (Å²) in [6.07, 6.45) is 1.26. The van der Waals surface area contributed by atoms with E-state index in [9.17, 15) is 4.79 Å². The Labute approximate surface area is 123 Å². The minimum atomic E-state index is -0.289. The fraction of sp³-hybridized carbons (Fsp3) is 0.385. The third-order valence-electron chi connectivity index (χ3n) is 2.71. The molecule has 0 fully saturated rings. The van der Waals surface area contributed by atoms with Crippen LogP contribution < -0.4 is 16.4 Å². The molecule has 0 spiro atoms. The van der Waals surface area contributed by atoms with Gasteiger partial charge in [0.2, 0.25) is 0 Å². The van der Waals surface area contributed by atoms with E-state index in [0.717, 1.165) is 12.0 Å². The number of benzene rings is 1. The average Bonchev–Trinajstić information content (AvgIpc) is 2.32. The standard InChI is InChI=1S/C13H18ClN3OS/c1-3-9(7-12(15)19)16-13(18)17-10-5-4-8(2)11(14)6-10/h4-6,9H,3,7H2,1-2H3,(H2,15,19)(H2,16,17,18). The molecule has 1 aromatic rings. The molecule has 0 heterocycles. The van der Waals surface area contributed by atoms with Gasteiger partial charge in [0.25, 0.3) is 0 Å². The van der Waals surface area contributed by atoms with Crippen LogP contribution in [0.25, 0.3) is 0 Å². The van der Waals surface area contributed by atoms with E-state index < -0.39 is 0 Å². The van der Waals surface area contributed by atoms with Gasteiger partial charge in [0.1, 0.15) is 0 Å². The second-order valence-corrected chi connectivity index (χ2v) is 5.27. The summed E-state index contributed by atoms with van der Waals surface area (Å²) in [6.45, 7) is 3.87. The summed E-state index contributed by atoms with van der Waals surface area (Å²) >= 11 is 10.8. The third kappa shape index (κ3) is 5.44. The van der Waals surface area contributed by atoms with Crippen molar-refractivity contribution in [3.63, 3.8) is 0 Å². The molecule has 0 aromatic heterocycles. The molecule has 1 unspecified atom stereocenters. The second-order valence-electron chi connectivity index (χ2n) is 4.34. The first-order chi connectivity index (χ1) is 8.92. The highest BCUT2D eigenvalue weighted by molar-refractivity contribution is 7.80. The number of thiocarbonyl (C=S) groups is 1. The van der Waals surface area contributed by atoms with Gasteiger partial charge in [-0.2, -0.15) is 0 Å². The summed E-state index contributed by atoms with van der Waals surface area (Å²) in [5, 5.41) is 6.17. The van der Waals surface area contributed by atoms with E-state index in [4.69, 9.17) is 29.6 Å². The lowest BCUT2D eigenvalue weighted by molar-refractivity contribution is 0.248. The first-order valence-electron chi connectivity index (χ1n) is 6.04. The summed E-state index contributed by atoms with van der Waals surface area (Å²) < 4.78 is 0. The Morgan fingerprint density at radius 2 is 2.21 bits per heavy atom. The van der Waals surface area contributed by atoms with Crippen LogP contribution in [0.2, 0.25) is 5.02 Å². The molecule has 1 aromatic carbocycles. The second kappa shape index (κ2) is 7.31. The third-order valence-corrected chi connectivity index (χ3v) is 3.28. The zero-order valence-electron chi connectivity index (χ0n) is 11.0. The zero-order chi connectivity index (χ0) is 14.4. The monoisotopic (exact) mass is 299 g/mol. The fourth-order valence-electron chi connectivity index (χ4n) is 1.56. The van der Waals surface area contributed by atoms with Gasteiger partial charge in [0, 0.05) is 23.2 Å². The van der Waals surface area contributed by atoms with Crippen molar-refractivity contribution in [2.75, 3.05) is 5.32 Å². The topological polar surface area (TPSA) is 67.1 Å². The van der Waals surface area contributed by atoms with Gasteiger partial charge in [-0.05, 0) is 31.0 Å². The van der Waals surface area contributed by atoms with Crippen molar-refractivity contribution in [1.82, 2.24) is 5.32 Å². The Morgan fingerprint density at radius 3 is 2.74 bits per heavy atom. The smallest absolute Gasteiger partial charge is 0.319 e. The first kappa shape index (κ1) is 15.7. The van der Waals surface area contributed by atoms with E-state index in [1.807, 2.05) is 19.9 Å². The van der Waals surface area contributed by atoms with Crippen molar-refractivity contribution in [2.24, 2.45) is 5.73 Å². The molecule has 0 aliphatic carbocycles. The Kier molecular flexibility index (Phi) is 6.05. The van der Waals surface area contributed by atoms with E-state index in [1.165, 1.54) is 0 Å². The number of halogens is 1. The highest BCUT2D eigenvalue weighted by Gasteiger charge is 2.11. The molecule has 0 saturated carbocycles. The Bertz CT molecular complexity index is 479. The molecule has 0 aliphatic rings. The quantitative estimate of drug-likeness (QED) is 0.731. The predicted molar refractivity (Wildman–Crippen MR) is 83.8 cm³/mol. The van der Waals surface area contributed by atoms with E-state index in [0.29, 0.717) is 22.1 Å². The average molecular weight is 300 g/mol. The van der Waals surface area contributed by atoms with Gasteiger partial charge in [0.05, 0.1) is 4.99 Å². The molecular formula is C13H18ClN3OS. The molecule has 104 valence electrons. The van der Waals surface area contributed by atoms with Gasteiger partial charge in [0.15, 0.2) is 0 Å². The molecule has 6 heteroatoms. The summed E-state index contributed by atoms with van der Waals surface area (Å²) in [4.78, 5) is 12.2. The molecule has 1 atom stereocenters. The van der Waals surface area contributed by atoms with Gasteiger partial charge in [-0.15, -0.1) is 0 Å². The lowest BCUT2D eigenvalue weighted by Crippen LogP contribution is -2.39. The van der Waals surface area contributed by atoms with Crippen LogP contribution in [0.15, 0.2) is 18.2 Å². The van der Waals surface area contributed by atoms with Crippen LogP contribution in [0.1, 0.15) is 25.3 Å². The lowest BCUT2D eigenvalue weighted by atomic mass is 10.1. The van der Waals surface area contributed by atoms with Crippen molar-refractivity contribution in [1.29, 1.82) is 0 Å². The zero-order valence-corrected chi connectivity index (χ0v) is 12.6. The largest absolute Gasteiger partial charge is 0.393 e. The maximum absolute atomic E-state index is 11.8. The van der Waals surface area contributed by atoms with Crippen LogP contribution in [-0.4, -0.2) is 17.1 Å². The van der Waals surface area contributed by atoms with E-state index in [2.05, 4.69) is 10.6 Å². The number of anilines is 1. The van der Waals surface area contributed by atoms with Crippen molar-refractivity contribution in [3.05, 3.63) is 28.8 Å². The molecule has 0 aliphatic heterocycles. The van der Waals surface area contributed by atoms with Gasteiger partial charge in [-0.25, -0.2) is 4.79 Å². The van der Waals surface area contributed by atoms with E-state index in [1.54, 1.807) is 12.1 Å². The van der Waals surface area contributed by atoms with Crippen LogP contribution in [0.4, 0.5) is 10.5 Å². The highest BCUT2D eigenvalue weighted by Crippen LogP contribution is 2.19. The molecule has 0 bridgehead atoms. The number of rotatable bonds is 5. The molecule has 4 nitrogen and oxygen atoms in total. The van der Waals surface area contributed by atoms with Crippen molar-refractivity contribution in [2.45, 2.75) is 32.7 Å². The lowest BCUT2D eigenvalue weighted by Gasteiger charge is -2.17. The van der Waals surface area contributed by atoms with Crippen molar-refractivity contribution in [3.8, 4) is 0 Å². The number of nitrogens with one attached hydrogen (secondary N) is 2. The number of carbonyl (C=O) groups is 1. The van der Waals surface area contributed by atoms with Crippen LogP contribution >= 0.6 is 23.8 Å². The maximum Gasteiger partial charge on any atom is 0.319 e. The Balaban J connectivity index is 2.58. The first-order valence-corrected chi connectivity index (χ1v) is 6.83. The molecule has 0 radical (unpaired) electrons. The number of amides is 2. The van der Waals surface area contributed by atoms with Gasteiger partial charge >= 0.3 is 6.03 Å². The Morgan fingerprint density at radius 1 is 1.53 bits per heavy atom. The summed E-state index contributed by atoms with van der Waals surface area (Å²) in [5.74, 6) is 0. The number of hydrogen-bond acceptors (Lipinski definition) is 2. The fourth-order valence-corrected chi connectivity index (χ4v) is 1.95. The normalized spacial score (nSPS) is 11.7. The number of hydrogen-bond donors (Lipinski definition) is 3. The number of aryl methyl sites for hydroxylation is 1. The minimum Gasteiger partial charge on any atom is -0.393 e. The van der Waals surface area contributed by atoms with Crippen LogP contribution in [0, 0.1) is 6.92 Å². The molecular weight excluding hydrogens is 282 g/mol. The summed E-state index contributed by atoms with van der Waals surface area (Å²) in [5.41, 5.74) is 7.09. The molecule has 0 saturated heterocycles. The van der Waals surface area contributed by atoms with Crippen LogP contribution in [-0.2, 0) is 0 Å². The van der Waals surface area contributed by atoms with Crippen molar-refractivity contribution < 1.29 is 4.79 Å². The molecule has 2 amide bonds. The van der Waals surface area contributed by atoms with E-state index >= 15 is 0 Å². The number of carbonyl (C=O) groups excluding carboxylic acids is 1. The van der Waals surface area contributed by atoms with Crippen molar-refractivity contribution >= 4 is 40.5 Å². The predicted octanol–water partition coefficient (Wildman–Crippen LogP) is 3.22. The Hall–Kier alpha value is -1.33. The van der Waals surface area contributed by atoms with E-state index in [-0.39, 0.29) is 12.1 Å². The van der Waals surface area contributed by atoms with Crippen LogP contribution in [0.5, 0.6) is 0 Å². The number of nitrogens with two attached hydrogens (primary N) is 1. The highest BCUT2D eigenvalue weighted by atomic mass is 35.5. The molecule has 4 N–H and O–H groups in total. The van der Waals surface area contributed by atoms with Gasteiger partial charge < -0.3 is 16.4 Å². The maximum atomic E-state index is 11.8. The summed E-state index contributed by atoms with van der Waals surface area (Å²) in [6, 6.07) is 5.02. The van der Waals surface area contributed by atoms with Gasteiger partial charge in [-0.3, -0.25) is 0 Å². The van der Waals surface area contributed by atoms with Gasteiger partial charge in [-0.1, -0.05) is 36.8 Å².